The van der Waals surface area contributed by atoms with Crippen LogP contribution in [-0.4, -0.2) is 0 Å². The monoisotopic (exact) mass is 213 g/mol. The molecule has 0 spiro atoms. The van der Waals surface area contributed by atoms with Crippen molar-refractivity contribution in [2.75, 3.05) is 0 Å². The lowest BCUT2D eigenvalue weighted by atomic mass is 9.96. The molecule has 0 fully saturated rings. The van der Waals surface area contributed by atoms with Gasteiger partial charge in [0.2, 0.25) is 0 Å². The fraction of sp³-hybridized carbons (Fsp3) is 0.250. The minimum Gasteiger partial charge on any atom is -0.166 e. The lowest BCUT2D eigenvalue weighted by molar-refractivity contribution is -0.138. The molecule has 0 heterocycles. The number of benzene rings is 1. The molecule has 1 radical (unpaired) electrons. The summed E-state index contributed by atoms with van der Waals surface area (Å²) in [5.74, 6) is 0.737. The van der Waals surface area contributed by atoms with Crippen molar-refractivity contribution < 1.29 is 13.2 Å². The van der Waals surface area contributed by atoms with E-state index in [0.717, 1.165) is 12.0 Å². The van der Waals surface area contributed by atoms with Crippen LogP contribution >= 0.6 is 0 Å². The molecule has 15 heavy (non-hydrogen) atoms. The Bertz CT molecular complexity index is 364. The van der Waals surface area contributed by atoms with Crippen molar-refractivity contribution in [1.29, 1.82) is 0 Å². The van der Waals surface area contributed by atoms with Crippen molar-refractivity contribution >= 4 is 0 Å². The van der Waals surface area contributed by atoms with E-state index in [4.69, 9.17) is 0 Å². The maximum atomic E-state index is 12.6. The van der Waals surface area contributed by atoms with Crippen molar-refractivity contribution in [3.8, 4) is 0 Å². The fourth-order valence-corrected chi connectivity index (χ4v) is 1.29. The number of hydrogen-bond donors (Lipinski definition) is 0. The molecular weight excluding hydrogens is 201 g/mol. The number of hydrogen-bond acceptors (Lipinski definition) is 0. The summed E-state index contributed by atoms with van der Waals surface area (Å²) in [6.07, 6.45) is -2.74. The molecule has 0 N–H and O–H groups in total. The molecule has 0 aromatic heterocycles. The summed E-state index contributed by atoms with van der Waals surface area (Å²) in [6, 6.07) is 4.30. The molecule has 0 amide bonds. The largest absolute Gasteiger partial charge is 0.416 e. The summed E-state index contributed by atoms with van der Waals surface area (Å²) in [5.41, 5.74) is 0.215. The van der Waals surface area contributed by atoms with Crippen LogP contribution in [0.1, 0.15) is 23.6 Å². The highest BCUT2D eigenvalue weighted by Crippen LogP contribution is 2.33. The van der Waals surface area contributed by atoms with Gasteiger partial charge in [-0.2, -0.15) is 13.2 Å². The smallest absolute Gasteiger partial charge is 0.166 e. The Hall–Kier alpha value is -1.25. The summed E-state index contributed by atoms with van der Waals surface area (Å²) < 4.78 is 37.7. The Morgan fingerprint density at radius 2 is 1.93 bits per heavy atom. The van der Waals surface area contributed by atoms with Gasteiger partial charge in [-0.25, -0.2) is 0 Å². The van der Waals surface area contributed by atoms with Gasteiger partial charge < -0.3 is 0 Å². The number of rotatable bonds is 2. The summed E-state index contributed by atoms with van der Waals surface area (Å²) in [6.45, 7) is 6.72. The molecule has 1 aromatic rings. The Morgan fingerprint density at radius 1 is 1.33 bits per heavy atom. The second-order valence-electron chi connectivity index (χ2n) is 3.41. The van der Waals surface area contributed by atoms with Gasteiger partial charge in [0.05, 0.1) is 5.56 Å². The molecule has 0 aliphatic rings. The third-order valence-electron chi connectivity index (χ3n) is 2.30. The van der Waals surface area contributed by atoms with Crippen molar-refractivity contribution in [3.05, 3.63) is 53.5 Å². The average Bonchev–Trinajstić information content (AvgIpc) is 2.15. The molecule has 1 aromatic carbocycles. The van der Waals surface area contributed by atoms with Crippen molar-refractivity contribution in [3.63, 3.8) is 0 Å². The van der Waals surface area contributed by atoms with E-state index in [1.165, 1.54) is 13.0 Å². The van der Waals surface area contributed by atoms with Crippen LogP contribution in [0.5, 0.6) is 0 Å². The van der Waals surface area contributed by atoms with Gasteiger partial charge >= 0.3 is 6.18 Å². The second-order valence-corrected chi connectivity index (χ2v) is 3.41. The van der Waals surface area contributed by atoms with E-state index in [9.17, 15) is 13.2 Å². The van der Waals surface area contributed by atoms with E-state index >= 15 is 0 Å². The van der Waals surface area contributed by atoms with Gasteiger partial charge in [0, 0.05) is 5.92 Å². The predicted octanol–water partition coefficient (Wildman–Crippen LogP) is 4.14. The highest BCUT2D eigenvalue weighted by atomic mass is 19.4. The lowest BCUT2D eigenvalue weighted by Gasteiger charge is -2.13. The first-order valence-electron chi connectivity index (χ1n) is 4.50. The molecule has 1 rings (SSSR count). The number of aryl methyl sites for hydroxylation is 1. The van der Waals surface area contributed by atoms with Crippen LogP contribution in [-0.2, 0) is 6.18 Å². The van der Waals surface area contributed by atoms with E-state index in [0.29, 0.717) is 5.56 Å². The van der Waals surface area contributed by atoms with Gasteiger partial charge in [-0.3, -0.25) is 0 Å². The first kappa shape index (κ1) is 11.8. The Morgan fingerprint density at radius 3 is 2.40 bits per heavy atom. The maximum absolute atomic E-state index is 12.6. The Labute approximate surface area is 87.4 Å². The molecule has 0 aliphatic heterocycles. The number of allylic oxidation sites excluding steroid dienone is 1. The minimum atomic E-state index is -4.29. The zero-order valence-corrected chi connectivity index (χ0v) is 8.65. The van der Waals surface area contributed by atoms with Gasteiger partial charge in [0.15, 0.2) is 0 Å². The van der Waals surface area contributed by atoms with Crippen LogP contribution in [0.25, 0.3) is 0 Å². The van der Waals surface area contributed by atoms with Crippen LogP contribution in [0.15, 0.2) is 30.9 Å². The van der Waals surface area contributed by atoms with Crippen LogP contribution in [0.2, 0.25) is 0 Å². The molecule has 0 atom stereocenters. The van der Waals surface area contributed by atoms with Gasteiger partial charge in [-0.1, -0.05) is 25.1 Å². The number of halogens is 3. The zero-order chi connectivity index (χ0) is 11.6. The van der Waals surface area contributed by atoms with E-state index in [1.807, 2.05) is 0 Å². The first-order chi connectivity index (χ1) is 6.86. The van der Waals surface area contributed by atoms with Gasteiger partial charge in [0.1, 0.15) is 0 Å². The van der Waals surface area contributed by atoms with E-state index < -0.39 is 11.7 Å². The van der Waals surface area contributed by atoms with Crippen molar-refractivity contribution in [2.24, 2.45) is 0 Å². The number of alkyl halides is 3. The zero-order valence-electron chi connectivity index (χ0n) is 8.65. The molecule has 3 heteroatoms. The van der Waals surface area contributed by atoms with Gasteiger partial charge in [-0.05, 0) is 24.1 Å². The summed E-state index contributed by atoms with van der Waals surface area (Å²) in [4.78, 5) is 0. The van der Waals surface area contributed by atoms with Crippen LogP contribution in [0, 0.1) is 12.8 Å². The van der Waals surface area contributed by atoms with Crippen LogP contribution < -0.4 is 0 Å². The predicted molar refractivity (Wildman–Crippen MR) is 54.4 cm³/mol. The molecule has 0 aliphatic carbocycles. The Balaban J connectivity index is 3.22. The highest BCUT2D eigenvalue weighted by Gasteiger charge is 2.32. The first-order valence-corrected chi connectivity index (χ1v) is 4.50. The van der Waals surface area contributed by atoms with Crippen molar-refractivity contribution in [2.45, 2.75) is 20.0 Å². The third-order valence-corrected chi connectivity index (χ3v) is 2.30. The topological polar surface area (TPSA) is 0 Å². The molecule has 0 saturated heterocycles. The molecule has 0 saturated carbocycles. The molecule has 0 nitrogen and oxygen atoms in total. The van der Waals surface area contributed by atoms with Gasteiger partial charge in [0.25, 0.3) is 0 Å². The molecule has 81 valence electrons. The van der Waals surface area contributed by atoms with E-state index in [2.05, 4.69) is 6.58 Å². The standard InChI is InChI=1S/C12H12F3/c1-4-8(2)10-6-5-9(3)11(7-10)12(13,14)15/h4-7H,1H2,2-3H3. The van der Waals surface area contributed by atoms with Crippen LogP contribution in [0.4, 0.5) is 13.2 Å². The van der Waals surface area contributed by atoms with Crippen molar-refractivity contribution in [1.82, 2.24) is 0 Å². The quantitative estimate of drug-likeness (QED) is 0.692. The second kappa shape index (κ2) is 4.09. The fourth-order valence-electron chi connectivity index (χ4n) is 1.29. The highest BCUT2D eigenvalue weighted by molar-refractivity contribution is 5.42. The maximum Gasteiger partial charge on any atom is 0.416 e. The molecule has 0 bridgehead atoms. The Kier molecular flexibility index (Phi) is 3.22. The lowest BCUT2D eigenvalue weighted by Crippen LogP contribution is -2.08. The molecule has 0 unspecified atom stereocenters. The minimum absolute atomic E-state index is 0.239. The normalized spacial score (nSPS) is 11.9. The van der Waals surface area contributed by atoms with Gasteiger partial charge in [-0.15, -0.1) is 6.58 Å². The third kappa shape index (κ3) is 2.61. The van der Waals surface area contributed by atoms with Crippen LogP contribution in [0.3, 0.4) is 0 Å². The summed E-state index contributed by atoms with van der Waals surface area (Å²) >= 11 is 0. The summed E-state index contributed by atoms with van der Waals surface area (Å²) in [5, 5.41) is 0. The van der Waals surface area contributed by atoms with E-state index in [-0.39, 0.29) is 5.56 Å². The molecular formula is C12H12F3. The SMILES string of the molecule is C=C[C](C)c1ccc(C)c(C(F)(F)F)c1. The van der Waals surface area contributed by atoms with E-state index in [1.54, 1.807) is 19.1 Å². The summed E-state index contributed by atoms with van der Waals surface area (Å²) in [7, 11) is 0. The average molecular weight is 213 g/mol.